The molecule has 3 aromatic carbocycles. The average Bonchev–Trinajstić information content (AvgIpc) is 3.16. The van der Waals surface area contributed by atoms with Gasteiger partial charge >= 0.3 is 0 Å². The second kappa shape index (κ2) is 5.83. The van der Waals surface area contributed by atoms with Crippen molar-refractivity contribution < 1.29 is 9.15 Å². The summed E-state index contributed by atoms with van der Waals surface area (Å²) in [7, 11) is 0. The van der Waals surface area contributed by atoms with Crippen LogP contribution in [-0.4, -0.2) is 4.98 Å². The molecule has 4 aromatic rings. The van der Waals surface area contributed by atoms with Crippen molar-refractivity contribution in [3.05, 3.63) is 79.0 Å². The fourth-order valence-electron chi connectivity index (χ4n) is 2.85. The highest BCUT2D eigenvalue weighted by molar-refractivity contribution is 7.99. The number of benzene rings is 3. The van der Waals surface area contributed by atoms with Gasteiger partial charge in [0.15, 0.2) is 5.76 Å². The van der Waals surface area contributed by atoms with Gasteiger partial charge in [-0.25, -0.2) is 4.98 Å². The van der Waals surface area contributed by atoms with Gasteiger partial charge in [0.05, 0.1) is 21.6 Å². The Morgan fingerprint density at radius 3 is 2.48 bits per heavy atom. The predicted octanol–water partition coefficient (Wildman–Crippen LogP) is 6.27. The van der Waals surface area contributed by atoms with Crippen molar-refractivity contribution in [1.82, 2.24) is 4.98 Å². The number of rotatable bonds is 2. The molecule has 0 radical (unpaired) electrons. The van der Waals surface area contributed by atoms with Gasteiger partial charge in [0.2, 0.25) is 5.89 Å². The molecule has 0 N–H and O–H groups in total. The summed E-state index contributed by atoms with van der Waals surface area (Å²) in [5.41, 5.74) is 1.96. The number of fused-ring (bicyclic) bond motifs is 2. The maximum absolute atomic E-state index is 6.04. The number of oxazole rings is 1. The zero-order chi connectivity index (χ0) is 16.6. The highest BCUT2D eigenvalue weighted by Crippen LogP contribution is 2.50. The summed E-state index contributed by atoms with van der Waals surface area (Å²) in [4.78, 5) is 6.62. The minimum absolute atomic E-state index is 0.603. The molecule has 0 amide bonds. The van der Waals surface area contributed by atoms with Crippen LogP contribution in [0.15, 0.2) is 93.2 Å². The highest BCUT2D eigenvalue weighted by Gasteiger charge is 2.23. The molecule has 5 rings (SSSR count). The van der Waals surface area contributed by atoms with Crippen molar-refractivity contribution in [3.63, 3.8) is 0 Å². The molecular formula is C21H13NO2S. The monoisotopic (exact) mass is 343 g/mol. The van der Waals surface area contributed by atoms with Crippen molar-refractivity contribution >= 4 is 11.8 Å². The van der Waals surface area contributed by atoms with Gasteiger partial charge in [0.1, 0.15) is 11.5 Å². The Kier molecular flexibility index (Phi) is 3.35. The summed E-state index contributed by atoms with van der Waals surface area (Å²) >= 11 is 1.68. The van der Waals surface area contributed by atoms with Crippen LogP contribution in [0.25, 0.3) is 22.8 Å². The molecule has 0 spiro atoms. The van der Waals surface area contributed by atoms with Crippen molar-refractivity contribution in [2.24, 2.45) is 0 Å². The van der Waals surface area contributed by atoms with E-state index in [2.05, 4.69) is 11.1 Å². The van der Waals surface area contributed by atoms with E-state index in [1.165, 1.54) is 0 Å². The summed E-state index contributed by atoms with van der Waals surface area (Å²) in [6, 6.07) is 24.0. The Hall–Kier alpha value is -2.98. The Bertz CT molecular complexity index is 1060. The van der Waals surface area contributed by atoms with E-state index in [0.29, 0.717) is 5.89 Å². The molecule has 0 atom stereocenters. The molecule has 0 fully saturated rings. The van der Waals surface area contributed by atoms with Gasteiger partial charge in [-0.3, -0.25) is 0 Å². The zero-order valence-corrected chi connectivity index (χ0v) is 14.0. The van der Waals surface area contributed by atoms with E-state index in [-0.39, 0.29) is 0 Å². The van der Waals surface area contributed by atoms with Gasteiger partial charge in [0, 0.05) is 5.56 Å². The third kappa shape index (κ3) is 2.51. The molecule has 0 saturated carbocycles. The summed E-state index contributed by atoms with van der Waals surface area (Å²) in [5.74, 6) is 3.08. The third-order valence-electron chi connectivity index (χ3n) is 4.05. The fourth-order valence-corrected chi connectivity index (χ4v) is 3.90. The number of nitrogens with zero attached hydrogens (tertiary/aromatic N) is 1. The number of ether oxygens (including phenoxy) is 1. The van der Waals surface area contributed by atoms with Crippen molar-refractivity contribution in [2.75, 3.05) is 0 Å². The minimum atomic E-state index is 0.603. The van der Waals surface area contributed by atoms with E-state index in [1.54, 1.807) is 18.0 Å². The van der Waals surface area contributed by atoms with Crippen molar-refractivity contribution in [2.45, 2.75) is 9.79 Å². The molecule has 1 aliphatic heterocycles. The molecule has 1 aliphatic rings. The number of hydrogen-bond donors (Lipinski definition) is 0. The predicted molar refractivity (Wildman–Crippen MR) is 98.0 cm³/mol. The fraction of sp³-hybridized carbons (Fsp3) is 0. The van der Waals surface area contributed by atoms with Crippen LogP contribution in [0.5, 0.6) is 11.5 Å². The first kappa shape index (κ1) is 14.4. The summed E-state index contributed by atoms with van der Waals surface area (Å²) in [6.45, 7) is 0. The van der Waals surface area contributed by atoms with E-state index >= 15 is 0 Å². The van der Waals surface area contributed by atoms with Crippen LogP contribution in [-0.2, 0) is 0 Å². The maximum atomic E-state index is 6.04. The Balaban J connectivity index is 1.58. The van der Waals surface area contributed by atoms with Crippen LogP contribution in [0, 0.1) is 0 Å². The van der Waals surface area contributed by atoms with E-state index < -0.39 is 0 Å². The van der Waals surface area contributed by atoms with E-state index in [4.69, 9.17) is 9.15 Å². The number of para-hydroxylation sites is 1. The molecule has 0 bridgehead atoms. The second-order valence-corrected chi connectivity index (χ2v) is 6.73. The Morgan fingerprint density at radius 1 is 0.760 bits per heavy atom. The molecule has 3 nitrogen and oxygen atoms in total. The first-order valence-electron chi connectivity index (χ1n) is 7.98. The van der Waals surface area contributed by atoms with Gasteiger partial charge in [-0.15, -0.1) is 0 Å². The Morgan fingerprint density at radius 2 is 1.56 bits per heavy atom. The quantitative estimate of drug-likeness (QED) is 0.379. The van der Waals surface area contributed by atoms with Crippen molar-refractivity contribution in [1.29, 1.82) is 0 Å². The van der Waals surface area contributed by atoms with Crippen LogP contribution in [0.2, 0.25) is 0 Å². The normalized spacial score (nSPS) is 12.2. The second-order valence-electron chi connectivity index (χ2n) is 5.68. The lowest BCUT2D eigenvalue weighted by Crippen LogP contribution is -1.96. The molecule has 120 valence electrons. The molecule has 1 aromatic heterocycles. The lowest BCUT2D eigenvalue weighted by Gasteiger charge is -2.20. The maximum Gasteiger partial charge on any atom is 0.228 e. The summed E-state index contributed by atoms with van der Waals surface area (Å²) in [5, 5.41) is 0. The van der Waals surface area contributed by atoms with Gasteiger partial charge in [-0.2, -0.15) is 0 Å². The van der Waals surface area contributed by atoms with E-state index in [0.717, 1.165) is 38.2 Å². The standard InChI is InChI=1S/C21H13NO2S/c1-2-7-14(8-3-1)18-13-22-21(24-18)15-9-6-11-17-20(15)25-19-12-5-4-10-16(19)23-17/h1-13H. The molecule has 25 heavy (non-hydrogen) atoms. The third-order valence-corrected chi connectivity index (χ3v) is 5.24. The minimum Gasteiger partial charge on any atom is -0.455 e. The van der Waals surface area contributed by atoms with Gasteiger partial charge in [-0.05, 0) is 24.3 Å². The topological polar surface area (TPSA) is 35.3 Å². The SMILES string of the molecule is c1ccc(-c2cnc(-c3cccc4c3Sc3ccccc3O4)o2)cc1. The molecular weight excluding hydrogens is 330 g/mol. The van der Waals surface area contributed by atoms with Crippen LogP contribution < -0.4 is 4.74 Å². The number of aromatic nitrogens is 1. The van der Waals surface area contributed by atoms with Crippen LogP contribution >= 0.6 is 11.8 Å². The van der Waals surface area contributed by atoms with Crippen LogP contribution in [0.4, 0.5) is 0 Å². The molecule has 0 aliphatic carbocycles. The van der Waals surface area contributed by atoms with Crippen LogP contribution in [0.3, 0.4) is 0 Å². The number of hydrogen-bond acceptors (Lipinski definition) is 4. The summed E-state index contributed by atoms with van der Waals surface area (Å²) in [6.07, 6.45) is 1.77. The zero-order valence-electron chi connectivity index (χ0n) is 13.2. The molecule has 0 unspecified atom stereocenters. The molecule has 2 heterocycles. The lowest BCUT2D eigenvalue weighted by atomic mass is 10.2. The lowest BCUT2D eigenvalue weighted by molar-refractivity contribution is 0.454. The van der Waals surface area contributed by atoms with Gasteiger partial charge in [0.25, 0.3) is 0 Å². The van der Waals surface area contributed by atoms with Gasteiger partial charge in [-0.1, -0.05) is 60.3 Å². The first-order valence-corrected chi connectivity index (χ1v) is 8.79. The van der Waals surface area contributed by atoms with Crippen LogP contribution in [0.1, 0.15) is 0 Å². The summed E-state index contributed by atoms with van der Waals surface area (Å²) < 4.78 is 12.1. The smallest absolute Gasteiger partial charge is 0.228 e. The molecule has 0 saturated heterocycles. The first-order chi connectivity index (χ1) is 12.4. The van der Waals surface area contributed by atoms with E-state index in [1.807, 2.05) is 66.7 Å². The van der Waals surface area contributed by atoms with Gasteiger partial charge < -0.3 is 9.15 Å². The van der Waals surface area contributed by atoms with Crippen molar-refractivity contribution in [3.8, 4) is 34.3 Å². The highest BCUT2D eigenvalue weighted by atomic mass is 32.2. The Labute approximate surface area is 149 Å². The van der Waals surface area contributed by atoms with E-state index in [9.17, 15) is 0 Å². The molecule has 4 heteroatoms. The largest absolute Gasteiger partial charge is 0.455 e. The average molecular weight is 343 g/mol.